The fourth-order valence-electron chi connectivity index (χ4n) is 5.47. The number of nitrogens with one attached hydrogen (secondary N) is 1. The number of rotatable bonds is 7. The van der Waals surface area contributed by atoms with Crippen molar-refractivity contribution in [3.05, 3.63) is 61.8 Å². The van der Waals surface area contributed by atoms with Gasteiger partial charge in [0.15, 0.2) is 0 Å². The fourth-order valence-corrected chi connectivity index (χ4v) is 5.68. The summed E-state index contributed by atoms with van der Waals surface area (Å²) < 4.78 is 1.63. The van der Waals surface area contributed by atoms with E-state index in [1.165, 1.54) is 12.8 Å². The zero-order valence-corrected chi connectivity index (χ0v) is 22.2. The molecule has 2 aliphatic rings. The van der Waals surface area contributed by atoms with Gasteiger partial charge in [0.25, 0.3) is 11.5 Å². The lowest BCUT2D eigenvalue weighted by atomic mass is 9.89. The summed E-state index contributed by atoms with van der Waals surface area (Å²) in [5.74, 6) is 0.429. The van der Waals surface area contributed by atoms with Crippen LogP contribution in [0.2, 0.25) is 5.02 Å². The van der Waals surface area contributed by atoms with Crippen molar-refractivity contribution in [2.75, 3.05) is 25.5 Å². The molecule has 35 heavy (non-hydrogen) atoms. The minimum Gasteiger partial charge on any atom is -0.369 e. The number of aromatic nitrogens is 2. The van der Waals surface area contributed by atoms with Crippen LogP contribution in [0.15, 0.2) is 23.0 Å². The van der Waals surface area contributed by atoms with Crippen LogP contribution in [0.1, 0.15) is 65.6 Å². The Morgan fingerprint density at radius 2 is 1.86 bits per heavy atom. The summed E-state index contributed by atoms with van der Waals surface area (Å²) in [5.41, 5.74) is 3.52. The standard InChI is InChI=1S/C27H36ClN5O2/c1-6-32(21-11-9-20(10-12-21)31(4)5)24-15-19(28)14-22(17(24)2)26(34)29-16-23-18(3)30-25-8-7-13-33(25)27(23)35/h7-8,14-15,20-21H,6,9-13,16H2,1-5H3,(H,29,34). The smallest absolute Gasteiger partial charge is 0.259 e. The van der Waals surface area contributed by atoms with Crippen molar-refractivity contribution in [1.82, 2.24) is 19.8 Å². The number of hydrogen-bond donors (Lipinski definition) is 1. The summed E-state index contributed by atoms with van der Waals surface area (Å²) in [4.78, 5) is 35.4. The van der Waals surface area contributed by atoms with E-state index in [1.807, 2.05) is 32.1 Å². The number of nitrogens with zero attached hydrogens (tertiary/aromatic N) is 4. The average molecular weight is 498 g/mol. The van der Waals surface area contributed by atoms with Gasteiger partial charge in [-0.2, -0.15) is 0 Å². The number of anilines is 1. The van der Waals surface area contributed by atoms with E-state index in [4.69, 9.17) is 11.6 Å². The topological polar surface area (TPSA) is 70.5 Å². The van der Waals surface area contributed by atoms with Gasteiger partial charge in [-0.05, 0) is 84.3 Å². The first-order valence-electron chi connectivity index (χ1n) is 12.5. The monoisotopic (exact) mass is 497 g/mol. The molecule has 4 rings (SSSR count). The lowest BCUT2D eigenvalue weighted by molar-refractivity contribution is 0.0950. The number of hydrogen-bond acceptors (Lipinski definition) is 5. The molecule has 0 atom stereocenters. The van der Waals surface area contributed by atoms with Crippen molar-refractivity contribution in [2.24, 2.45) is 0 Å². The van der Waals surface area contributed by atoms with Crippen LogP contribution in [-0.2, 0) is 13.1 Å². The second-order valence-corrected chi connectivity index (χ2v) is 10.3. The van der Waals surface area contributed by atoms with Gasteiger partial charge in [0.2, 0.25) is 0 Å². The summed E-state index contributed by atoms with van der Waals surface area (Å²) >= 11 is 6.52. The van der Waals surface area contributed by atoms with Gasteiger partial charge in [-0.1, -0.05) is 17.7 Å². The Labute approximate surface area is 212 Å². The van der Waals surface area contributed by atoms with Gasteiger partial charge < -0.3 is 15.1 Å². The summed E-state index contributed by atoms with van der Waals surface area (Å²) in [6.45, 7) is 7.45. The predicted molar refractivity (Wildman–Crippen MR) is 142 cm³/mol. The second kappa shape index (κ2) is 10.5. The maximum absolute atomic E-state index is 13.3. The van der Waals surface area contributed by atoms with Gasteiger partial charge in [-0.15, -0.1) is 0 Å². The lowest BCUT2D eigenvalue weighted by Crippen LogP contribution is -2.42. The Balaban J connectivity index is 1.54. The molecule has 2 aromatic rings. The van der Waals surface area contributed by atoms with E-state index in [0.717, 1.165) is 30.6 Å². The highest BCUT2D eigenvalue weighted by atomic mass is 35.5. The second-order valence-electron chi connectivity index (χ2n) is 9.84. The van der Waals surface area contributed by atoms with Crippen molar-refractivity contribution < 1.29 is 4.79 Å². The summed E-state index contributed by atoms with van der Waals surface area (Å²) in [6.07, 6.45) is 8.33. The van der Waals surface area contributed by atoms with Crippen LogP contribution in [0.4, 0.5) is 5.69 Å². The third-order valence-electron chi connectivity index (χ3n) is 7.56. The fraction of sp³-hybridized carbons (Fsp3) is 0.519. The molecule has 0 saturated heterocycles. The Bertz CT molecular complexity index is 1200. The molecule has 1 aromatic heterocycles. The number of allylic oxidation sites excluding steroid dienone is 1. The largest absolute Gasteiger partial charge is 0.369 e. The predicted octanol–water partition coefficient (Wildman–Crippen LogP) is 4.17. The number of carbonyl (C=O) groups is 1. The van der Waals surface area contributed by atoms with Crippen molar-refractivity contribution in [3.8, 4) is 0 Å². The van der Waals surface area contributed by atoms with Crippen LogP contribution in [0, 0.1) is 13.8 Å². The molecule has 0 unspecified atom stereocenters. The third-order valence-corrected chi connectivity index (χ3v) is 7.77. The number of carbonyl (C=O) groups excluding carboxylic acids is 1. The highest BCUT2D eigenvalue weighted by Gasteiger charge is 2.28. The summed E-state index contributed by atoms with van der Waals surface area (Å²) in [6, 6.07) is 4.75. The molecular weight excluding hydrogens is 462 g/mol. The SMILES string of the molecule is CCN(c1cc(Cl)cc(C(=O)NCc2c(C)nc3n(c2=O)CC=C3)c1C)C1CCC(N(C)C)CC1. The molecule has 1 aliphatic carbocycles. The molecule has 2 heterocycles. The zero-order valence-electron chi connectivity index (χ0n) is 21.4. The van der Waals surface area contributed by atoms with Gasteiger partial charge in [-0.25, -0.2) is 4.98 Å². The van der Waals surface area contributed by atoms with E-state index in [2.05, 4.69) is 41.1 Å². The molecule has 1 aromatic carbocycles. The van der Waals surface area contributed by atoms with Gasteiger partial charge in [0, 0.05) is 41.4 Å². The number of halogens is 1. The van der Waals surface area contributed by atoms with Crippen molar-refractivity contribution >= 4 is 29.3 Å². The highest BCUT2D eigenvalue weighted by Crippen LogP contribution is 2.34. The van der Waals surface area contributed by atoms with Gasteiger partial charge >= 0.3 is 0 Å². The quantitative estimate of drug-likeness (QED) is 0.621. The molecule has 0 spiro atoms. The minimum atomic E-state index is -0.235. The number of amides is 1. The van der Waals surface area contributed by atoms with E-state index >= 15 is 0 Å². The lowest BCUT2D eigenvalue weighted by Gasteiger charge is -2.40. The first-order chi connectivity index (χ1) is 16.7. The van der Waals surface area contributed by atoms with E-state index < -0.39 is 0 Å². The van der Waals surface area contributed by atoms with Gasteiger partial charge in [-0.3, -0.25) is 14.2 Å². The Hall–Kier alpha value is -2.64. The number of fused-ring (bicyclic) bond motifs is 1. The van der Waals surface area contributed by atoms with Crippen LogP contribution in [0.25, 0.3) is 6.08 Å². The molecule has 8 heteroatoms. The molecule has 1 fully saturated rings. The number of aryl methyl sites for hydroxylation is 1. The highest BCUT2D eigenvalue weighted by molar-refractivity contribution is 6.31. The Kier molecular flexibility index (Phi) is 7.67. The van der Waals surface area contributed by atoms with Crippen LogP contribution in [0.5, 0.6) is 0 Å². The van der Waals surface area contributed by atoms with Crippen molar-refractivity contribution in [2.45, 2.75) is 71.6 Å². The summed E-state index contributed by atoms with van der Waals surface area (Å²) in [5, 5.41) is 3.48. The average Bonchev–Trinajstić information content (AvgIpc) is 3.30. The Morgan fingerprint density at radius 3 is 2.51 bits per heavy atom. The molecule has 0 radical (unpaired) electrons. The maximum Gasteiger partial charge on any atom is 0.259 e. The molecule has 7 nitrogen and oxygen atoms in total. The molecule has 1 N–H and O–H groups in total. The summed E-state index contributed by atoms with van der Waals surface area (Å²) in [7, 11) is 4.31. The van der Waals surface area contributed by atoms with Crippen LogP contribution in [0.3, 0.4) is 0 Å². The minimum absolute atomic E-state index is 0.105. The first-order valence-corrected chi connectivity index (χ1v) is 12.9. The maximum atomic E-state index is 13.3. The van der Waals surface area contributed by atoms with Gasteiger partial charge in [0.1, 0.15) is 5.82 Å². The normalized spacial score (nSPS) is 19.2. The van der Waals surface area contributed by atoms with E-state index in [0.29, 0.717) is 46.3 Å². The van der Waals surface area contributed by atoms with Gasteiger partial charge in [0.05, 0.1) is 17.8 Å². The van der Waals surface area contributed by atoms with Crippen molar-refractivity contribution in [1.29, 1.82) is 0 Å². The Morgan fingerprint density at radius 1 is 1.17 bits per heavy atom. The molecule has 188 valence electrons. The zero-order chi connectivity index (χ0) is 25.3. The molecular formula is C27H36ClN5O2. The van der Waals surface area contributed by atoms with Crippen LogP contribution < -0.4 is 15.8 Å². The third kappa shape index (κ3) is 5.16. The molecule has 1 amide bonds. The first kappa shape index (κ1) is 25.5. The van der Waals surface area contributed by atoms with Crippen LogP contribution >= 0.6 is 11.6 Å². The molecule has 1 saturated carbocycles. The van der Waals surface area contributed by atoms with E-state index in [-0.39, 0.29) is 18.0 Å². The molecule has 0 bridgehead atoms. The molecule has 1 aliphatic heterocycles. The van der Waals surface area contributed by atoms with E-state index in [1.54, 1.807) is 10.6 Å². The van der Waals surface area contributed by atoms with E-state index in [9.17, 15) is 9.59 Å². The van der Waals surface area contributed by atoms with Crippen molar-refractivity contribution in [3.63, 3.8) is 0 Å². The van der Waals surface area contributed by atoms with Crippen LogP contribution in [-0.4, -0.2) is 53.1 Å². The number of benzene rings is 1.